The summed E-state index contributed by atoms with van der Waals surface area (Å²) in [6, 6.07) is 1.03. The molecule has 0 saturated carbocycles. The van der Waals surface area contributed by atoms with Crippen molar-refractivity contribution in [3.05, 3.63) is 11.6 Å². The Morgan fingerprint density at radius 1 is 1.47 bits per heavy atom. The highest BCUT2D eigenvalue weighted by molar-refractivity contribution is 6.76. The normalized spacial score (nSPS) is 26.8. The first kappa shape index (κ1) is 13.0. The number of hydrogen-bond acceptors (Lipinski definition) is 2. The fraction of sp³-hybridized carbons (Fsp3) is 0.818. The topological polar surface area (TPSA) is 29.5 Å². The molecule has 0 spiro atoms. The van der Waals surface area contributed by atoms with Gasteiger partial charge in [-0.15, -0.1) is 0 Å². The van der Waals surface area contributed by atoms with Gasteiger partial charge in [0.2, 0.25) is 0 Å². The molecule has 1 aliphatic rings. The van der Waals surface area contributed by atoms with E-state index in [4.69, 9.17) is 17.7 Å². The maximum absolute atomic E-state index is 8.94. The summed E-state index contributed by atoms with van der Waals surface area (Å²) in [5.74, 6) is 0. The van der Waals surface area contributed by atoms with Crippen LogP contribution < -0.4 is 0 Å². The van der Waals surface area contributed by atoms with Gasteiger partial charge in [-0.05, 0) is 6.42 Å². The standard InChI is InChI=1S/C11H21BO2Si/c1-15(2,3)6-4-5-9-7-10(8-13)14-11(9)12/h7,10-11,13H,4-6,8H2,1-3H3/t10-,11+/m0/s1. The van der Waals surface area contributed by atoms with E-state index >= 15 is 0 Å². The Morgan fingerprint density at radius 2 is 2.13 bits per heavy atom. The molecule has 2 radical (unpaired) electrons. The summed E-state index contributed by atoms with van der Waals surface area (Å²) < 4.78 is 5.35. The van der Waals surface area contributed by atoms with Crippen LogP contribution in [0.1, 0.15) is 12.8 Å². The lowest BCUT2D eigenvalue weighted by molar-refractivity contribution is 0.0553. The molecule has 1 heterocycles. The quantitative estimate of drug-likeness (QED) is 0.571. The summed E-state index contributed by atoms with van der Waals surface area (Å²) in [5.41, 5.74) is 1.16. The molecule has 2 nitrogen and oxygen atoms in total. The summed E-state index contributed by atoms with van der Waals surface area (Å²) in [5, 5.41) is 8.94. The van der Waals surface area contributed by atoms with Gasteiger partial charge in [0.05, 0.1) is 12.7 Å². The fourth-order valence-corrected chi connectivity index (χ4v) is 3.03. The lowest BCUT2D eigenvalue weighted by Gasteiger charge is -2.16. The second-order valence-corrected chi connectivity index (χ2v) is 11.1. The highest BCUT2D eigenvalue weighted by Crippen LogP contribution is 2.24. The first-order valence-corrected chi connectivity index (χ1v) is 9.35. The van der Waals surface area contributed by atoms with Gasteiger partial charge in [0.1, 0.15) is 7.85 Å². The van der Waals surface area contributed by atoms with Crippen molar-refractivity contribution < 1.29 is 9.84 Å². The third-order valence-electron chi connectivity index (χ3n) is 2.66. The van der Waals surface area contributed by atoms with Crippen LogP contribution in [0.15, 0.2) is 11.6 Å². The minimum atomic E-state index is -0.935. The summed E-state index contributed by atoms with van der Waals surface area (Å²) >= 11 is 0. The molecule has 0 bridgehead atoms. The van der Waals surface area contributed by atoms with Crippen molar-refractivity contribution >= 4 is 15.9 Å². The minimum absolute atomic E-state index is 0.0330. The molecule has 0 aromatic heterocycles. The Hall–Kier alpha value is -0.0582. The molecular weight excluding hydrogens is 203 g/mol. The van der Waals surface area contributed by atoms with Crippen molar-refractivity contribution in [3.63, 3.8) is 0 Å². The molecule has 0 aromatic carbocycles. The molecule has 0 saturated heterocycles. The van der Waals surface area contributed by atoms with E-state index in [0.29, 0.717) is 0 Å². The van der Waals surface area contributed by atoms with Crippen LogP contribution in [-0.2, 0) is 4.74 Å². The zero-order valence-electron chi connectivity index (χ0n) is 9.99. The van der Waals surface area contributed by atoms with E-state index in [1.165, 1.54) is 12.5 Å². The molecule has 4 heteroatoms. The Kier molecular flexibility index (Phi) is 4.62. The van der Waals surface area contributed by atoms with Crippen LogP contribution in [0.25, 0.3) is 0 Å². The second-order valence-electron chi connectivity index (χ2n) is 5.43. The maximum atomic E-state index is 8.94. The summed E-state index contributed by atoms with van der Waals surface area (Å²) in [6.45, 7) is 7.17. The van der Waals surface area contributed by atoms with Crippen LogP contribution in [0.5, 0.6) is 0 Å². The number of hydrogen-bond donors (Lipinski definition) is 1. The first-order valence-electron chi connectivity index (χ1n) is 5.65. The van der Waals surface area contributed by atoms with E-state index in [1.807, 2.05) is 6.08 Å². The van der Waals surface area contributed by atoms with Gasteiger partial charge in [0, 0.05) is 14.1 Å². The van der Waals surface area contributed by atoms with Crippen LogP contribution in [0.3, 0.4) is 0 Å². The van der Waals surface area contributed by atoms with Crippen LogP contribution in [0.4, 0.5) is 0 Å². The molecule has 1 aliphatic heterocycles. The Bertz CT molecular complexity index is 235. The largest absolute Gasteiger partial charge is 0.393 e. The number of aliphatic hydroxyl groups excluding tert-OH is 1. The molecule has 0 aromatic rings. The van der Waals surface area contributed by atoms with Gasteiger partial charge in [0.25, 0.3) is 0 Å². The molecule has 0 amide bonds. The van der Waals surface area contributed by atoms with Crippen molar-refractivity contribution in [3.8, 4) is 0 Å². The maximum Gasteiger partial charge on any atom is 0.115 e. The predicted molar refractivity (Wildman–Crippen MR) is 67.0 cm³/mol. The van der Waals surface area contributed by atoms with E-state index < -0.39 is 8.07 Å². The van der Waals surface area contributed by atoms with Crippen molar-refractivity contribution in [2.75, 3.05) is 6.61 Å². The summed E-state index contributed by atoms with van der Waals surface area (Å²) in [7, 11) is 4.87. The van der Waals surface area contributed by atoms with Gasteiger partial charge in [0.15, 0.2) is 0 Å². The van der Waals surface area contributed by atoms with Crippen LogP contribution in [0, 0.1) is 0 Å². The van der Waals surface area contributed by atoms with E-state index in [9.17, 15) is 0 Å². The number of rotatable bonds is 5. The van der Waals surface area contributed by atoms with Crippen LogP contribution in [-0.4, -0.2) is 39.7 Å². The highest BCUT2D eigenvalue weighted by Gasteiger charge is 2.22. The summed E-state index contributed by atoms with van der Waals surface area (Å²) in [4.78, 5) is 0. The number of ether oxygens (including phenoxy) is 1. The Morgan fingerprint density at radius 3 is 2.60 bits per heavy atom. The Labute approximate surface area is 95.1 Å². The molecule has 0 aliphatic carbocycles. The van der Waals surface area contributed by atoms with E-state index in [1.54, 1.807) is 0 Å². The zero-order chi connectivity index (χ0) is 11.5. The van der Waals surface area contributed by atoms with Crippen molar-refractivity contribution in [1.82, 2.24) is 0 Å². The van der Waals surface area contributed by atoms with E-state index in [-0.39, 0.29) is 18.7 Å². The van der Waals surface area contributed by atoms with E-state index in [2.05, 4.69) is 19.6 Å². The average molecular weight is 224 g/mol. The molecule has 1 N–H and O–H groups in total. The predicted octanol–water partition coefficient (Wildman–Crippen LogP) is 1.92. The third-order valence-corrected chi connectivity index (χ3v) is 4.51. The molecule has 1 rings (SSSR count). The van der Waals surface area contributed by atoms with Gasteiger partial charge in [-0.25, -0.2) is 0 Å². The monoisotopic (exact) mass is 224 g/mol. The molecule has 2 atom stereocenters. The van der Waals surface area contributed by atoms with Crippen molar-refractivity contribution in [2.45, 2.75) is 50.6 Å². The molecule has 84 valence electrons. The Balaban J connectivity index is 2.32. The smallest absolute Gasteiger partial charge is 0.115 e. The van der Waals surface area contributed by atoms with Crippen LogP contribution >= 0.6 is 0 Å². The van der Waals surface area contributed by atoms with Crippen LogP contribution in [0.2, 0.25) is 25.7 Å². The molecular formula is C11H21BO2Si. The number of aliphatic hydroxyl groups is 1. The van der Waals surface area contributed by atoms with E-state index in [0.717, 1.165) is 12.0 Å². The molecule has 15 heavy (non-hydrogen) atoms. The SMILES string of the molecule is [B][C@@H]1O[C@H](CO)C=C1CCC[Si](C)(C)C. The van der Waals surface area contributed by atoms with Gasteiger partial charge in [-0.3, -0.25) is 0 Å². The fourth-order valence-electron chi connectivity index (χ4n) is 1.79. The highest BCUT2D eigenvalue weighted by atomic mass is 28.3. The van der Waals surface area contributed by atoms with Gasteiger partial charge < -0.3 is 9.84 Å². The van der Waals surface area contributed by atoms with Gasteiger partial charge in [-0.1, -0.05) is 43.8 Å². The lowest BCUT2D eigenvalue weighted by Crippen LogP contribution is -2.19. The first-order chi connectivity index (χ1) is 6.92. The minimum Gasteiger partial charge on any atom is -0.393 e. The second kappa shape index (κ2) is 5.32. The third kappa shape index (κ3) is 4.53. The molecule has 0 fully saturated rings. The average Bonchev–Trinajstić information content (AvgIpc) is 2.45. The van der Waals surface area contributed by atoms with Gasteiger partial charge in [-0.2, -0.15) is 0 Å². The zero-order valence-corrected chi connectivity index (χ0v) is 11.0. The van der Waals surface area contributed by atoms with Crippen molar-refractivity contribution in [2.24, 2.45) is 0 Å². The summed E-state index contributed by atoms with van der Waals surface area (Å²) in [6.07, 6.45) is 4.01. The van der Waals surface area contributed by atoms with Gasteiger partial charge >= 0.3 is 0 Å². The molecule has 0 unspecified atom stereocenters. The lowest BCUT2D eigenvalue weighted by atomic mass is 9.90. The van der Waals surface area contributed by atoms with Crippen molar-refractivity contribution in [1.29, 1.82) is 0 Å².